The van der Waals surface area contributed by atoms with Gasteiger partial charge in [-0.25, -0.2) is 4.79 Å². The molecule has 5 nitrogen and oxygen atoms in total. The zero-order valence-electron chi connectivity index (χ0n) is 6.91. The fourth-order valence-corrected chi connectivity index (χ4v) is 0.976. The number of amides is 1. The molecule has 0 unspecified atom stereocenters. The summed E-state index contributed by atoms with van der Waals surface area (Å²) in [6, 6.07) is -0.719. The first-order valence-corrected chi connectivity index (χ1v) is 3.81. The lowest BCUT2D eigenvalue weighted by Gasteiger charge is -2.19. The van der Waals surface area contributed by atoms with Crippen LogP contribution < -0.4 is 5.32 Å². The van der Waals surface area contributed by atoms with E-state index in [1.807, 2.05) is 0 Å². The van der Waals surface area contributed by atoms with Gasteiger partial charge in [0.05, 0.1) is 0 Å². The van der Waals surface area contributed by atoms with E-state index in [9.17, 15) is 14.4 Å². The monoisotopic (exact) mass is 183 g/mol. The van der Waals surface area contributed by atoms with Crippen molar-refractivity contribution >= 4 is 17.8 Å². The SMILES string of the molecule is C=CC(=O)N[C@H]1CCC(=O)OC1=O. The summed E-state index contributed by atoms with van der Waals surface area (Å²) < 4.78 is 4.32. The molecule has 1 aliphatic heterocycles. The number of hydrogen-bond acceptors (Lipinski definition) is 4. The Bertz CT molecular complexity index is 271. The van der Waals surface area contributed by atoms with Crippen molar-refractivity contribution in [2.75, 3.05) is 0 Å². The molecule has 5 heteroatoms. The van der Waals surface area contributed by atoms with Crippen molar-refractivity contribution in [1.29, 1.82) is 0 Å². The molecule has 1 rings (SSSR count). The third-order valence-corrected chi connectivity index (χ3v) is 1.64. The minimum absolute atomic E-state index is 0.147. The highest BCUT2D eigenvalue weighted by atomic mass is 16.6. The van der Waals surface area contributed by atoms with Crippen molar-refractivity contribution in [3.63, 3.8) is 0 Å². The van der Waals surface area contributed by atoms with Gasteiger partial charge in [-0.05, 0) is 12.5 Å². The first-order valence-electron chi connectivity index (χ1n) is 3.81. The van der Waals surface area contributed by atoms with Gasteiger partial charge in [0.1, 0.15) is 6.04 Å². The van der Waals surface area contributed by atoms with Crippen LogP contribution >= 0.6 is 0 Å². The van der Waals surface area contributed by atoms with E-state index in [-0.39, 0.29) is 12.8 Å². The number of hydrogen-bond donors (Lipinski definition) is 1. The normalized spacial score (nSPS) is 22.0. The molecule has 0 aromatic rings. The molecular weight excluding hydrogens is 174 g/mol. The van der Waals surface area contributed by atoms with E-state index < -0.39 is 23.9 Å². The summed E-state index contributed by atoms with van der Waals surface area (Å²) in [6.45, 7) is 3.23. The first kappa shape index (κ1) is 9.44. The van der Waals surface area contributed by atoms with Gasteiger partial charge in [0.2, 0.25) is 5.91 Å². The lowest BCUT2D eigenvalue weighted by atomic mass is 10.1. The quantitative estimate of drug-likeness (QED) is 0.356. The molecule has 1 N–H and O–H groups in total. The Hall–Kier alpha value is -1.65. The van der Waals surface area contributed by atoms with Gasteiger partial charge in [-0.1, -0.05) is 6.58 Å². The van der Waals surface area contributed by atoms with E-state index in [0.29, 0.717) is 0 Å². The minimum atomic E-state index is -0.719. The van der Waals surface area contributed by atoms with Gasteiger partial charge in [0.15, 0.2) is 0 Å². The number of nitrogens with one attached hydrogen (secondary N) is 1. The standard InChI is InChI=1S/C8H9NO4/c1-2-6(10)9-5-3-4-7(11)13-8(5)12/h2,5H,1,3-4H2,(H,9,10)/t5-/m0/s1. The zero-order valence-corrected chi connectivity index (χ0v) is 6.91. The minimum Gasteiger partial charge on any atom is -0.392 e. The molecule has 0 aliphatic carbocycles. The summed E-state index contributed by atoms with van der Waals surface area (Å²) in [5.41, 5.74) is 0. The molecule has 1 heterocycles. The van der Waals surface area contributed by atoms with Crippen LogP contribution in [0.4, 0.5) is 0 Å². The van der Waals surface area contributed by atoms with Gasteiger partial charge >= 0.3 is 11.9 Å². The van der Waals surface area contributed by atoms with Gasteiger partial charge in [0.25, 0.3) is 0 Å². The Morgan fingerprint density at radius 3 is 2.85 bits per heavy atom. The summed E-state index contributed by atoms with van der Waals surface area (Å²) >= 11 is 0. The number of ether oxygens (including phenoxy) is 1. The molecule has 0 aromatic carbocycles. The Morgan fingerprint density at radius 1 is 1.62 bits per heavy atom. The molecule has 0 radical (unpaired) electrons. The van der Waals surface area contributed by atoms with Crippen molar-refractivity contribution in [3.8, 4) is 0 Å². The average Bonchev–Trinajstić information content (AvgIpc) is 2.09. The topological polar surface area (TPSA) is 72.5 Å². The third-order valence-electron chi connectivity index (χ3n) is 1.64. The maximum atomic E-state index is 11.0. The van der Waals surface area contributed by atoms with Gasteiger partial charge in [0, 0.05) is 6.42 Å². The Balaban J connectivity index is 2.51. The van der Waals surface area contributed by atoms with Crippen LogP contribution in [0.5, 0.6) is 0 Å². The van der Waals surface area contributed by atoms with E-state index in [4.69, 9.17) is 0 Å². The average molecular weight is 183 g/mol. The lowest BCUT2D eigenvalue weighted by molar-refractivity contribution is -0.165. The van der Waals surface area contributed by atoms with Gasteiger partial charge < -0.3 is 10.1 Å². The lowest BCUT2D eigenvalue weighted by Crippen LogP contribution is -2.44. The summed E-state index contributed by atoms with van der Waals surface area (Å²) in [7, 11) is 0. The molecule has 0 aromatic heterocycles. The fraction of sp³-hybridized carbons (Fsp3) is 0.375. The second kappa shape index (κ2) is 3.84. The summed E-state index contributed by atoms with van der Waals surface area (Å²) in [6.07, 6.45) is 1.49. The van der Waals surface area contributed by atoms with Crippen LogP contribution in [0.1, 0.15) is 12.8 Å². The van der Waals surface area contributed by atoms with Gasteiger partial charge in [-0.15, -0.1) is 0 Å². The number of carbonyl (C=O) groups excluding carboxylic acids is 3. The number of cyclic esters (lactones) is 2. The maximum Gasteiger partial charge on any atom is 0.336 e. The van der Waals surface area contributed by atoms with Crippen molar-refractivity contribution in [1.82, 2.24) is 5.32 Å². The Labute approximate surface area is 74.7 Å². The highest BCUT2D eigenvalue weighted by Crippen LogP contribution is 2.08. The predicted octanol–water partition coefficient (Wildman–Crippen LogP) is -0.479. The molecule has 13 heavy (non-hydrogen) atoms. The van der Waals surface area contributed by atoms with Crippen LogP contribution in [0, 0.1) is 0 Å². The van der Waals surface area contributed by atoms with Crippen molar-refractivity contribution in [2.45, 2.75) is 18.9 Å². The zero-order chi connectivity index (χ0) is 9.84. The number of carbonyl (C=O) groups is 3. The molecule has 0 saturated carbocycles. The Morgan fingerprint density at radius 2 is 2.31 bits per heavy atom. The van der Waals surface area contributed by atoms with E-state index in [1.54, 1.807) is 0 Å². The molecule has 1 amide bonds. The molecule has 70 valence electrons. The summed E-state index contributed by atoms with van der Waals surface area (Å²) in [4.78, 5) is 32.3. The highest BCUT2D eigenvalue weighted by molar-refractivity contribution is 5.95. The molecule has 1 aliphatic rings. The van der Waals surface area contributed by atoms with Crippen LogP contribution in [0.2, 0.25) is 0 Å². The third kappa shape index (κ3) is 2.40. The van der Waals surface area contributed by atoms with Crippen LogP contribution in [-0.4, -0.2) is 23.9 Å². The first-order chi connectivity index (χ1) is 6.13. The van der Waals surface area contributed by atoms with Crippen molar-refractivity contribution in [2.24, 2.45) is 0 Å². The van der Waals surface area contributed by atoms with Crippen LogP contribution in [0.3, 0.4) is 0 Å². The van der Waals surface area contributed by atoms with Crippen molar-refractivity contribution in [3.05, 3.63) is 12.7 Å². The smallest absolute Gasteiger partial charge is 0.336 e. The van der Waals surface area contributed by atoms with Gasteiger partial charge in [-0.3, -0.25) is 9.59 Å². The summed E-state index contributed by atoms with van der Waals surface area (Å²) in [5, 5.41) is 2.36. The maximum absolute atomic E-state index is 11.0. The second-order valence-electron chi connectivity index (χ2n) is 2.60. The van der Waals surface area contributed by atoms with Crippen LogP contribution in [0.25, 0.3) is 0 Å². The second-order valence-corrected chi connectivity index (χ2v) is 2.60. The van der Waals surface area contributed by atoms with E-state index in [0.717, 1.165) is 6.08 Å². The molecule has 1 atom stereocenters. The van der Waals surface area contributed by atoms with E-state index >= 15 is 0 Å². The Kier molecular flexibility index (Phi) is 2.79. The molecule has 0 spiro atoms. The fourth-order valence-electron chi connectivity index (χ4n) is 0.976. The molecule has 1 saturated heterocycles. The van der Waals surface area contributed by atoms with Crippen molar-refractivity contribution < 1.29 is 19.1 Å². The molecule has 1 fully saturated rings. The summed E-state index contributed by atoms with van der Waals surface area (Å²) in [5.74, 6) is -1.70. The van der Waals surface area contributed by atoms with E-state index in [1.165, 1.54) is 0 Å². The van der Waals surface area contributed by atoms with E-state index in [2.05, 4.69) is 16.6 Å². The highest BCUT2D eigenvalue weighted by Gasteiger charge is 2.29. The molecular formula is C8H9NO4. The predicted molar refractivity (Wildman–Crippen MR) is 42.5 cm³/mol. The molecule has 0 bridgehead atoms. The van der Waals surface area contributed by atoms with Gasteiger partial charge in [-0.2, -0.15) is 0 Å². The van der Waals surface area contributed by atoms with Crippen LogP contribution in [0.15, 0.2) is 12.7 Å². The number of rotatable bonds is 2. The number of esters is 2. The van der Waals surface area contributed by atoms with Crippen LogP contribution in [-0.2, 0) is 19.1 Å². The largest absolute Gasteiger partial charge is 0.392 e.